The highest BCUT2D eigenvalue weighted by Gasteiger charge is 2.64. The molecule has 0 aromatic rings. The lowest BCUT2D eigenvalue weighted by Crippen LogP contribution is -2.56. The summed E-state index contributed by atoms with van der Waals surface area (Å²) in [5.74, 6) is 5.29. The van der Waals surface area contributed by atoms with Crippen molar-refractivity contribution in [2.45, 2.75) is 90.3 Å². The van der Waals surface area contributed by atoms with E-state index >= 15 is 0 Å². The van der Waals surface area contributed by atoms with Gasteiger partial charge in [-0.3, -0.25) is 4.79 Å². The van der Waals surface area contributed by atoms with Gasteiger partial charge in [-0.25, -0.2) is 0 Å². The summed E-state index contributed by atoms with van der Waals surface area (Å²) in [5.41, 5.74) is -0.661. The number of ether oxygens (including phenoxy) is 1. The number of hydrogen-bond donors (Lipinski definition) is 1. The number of hydrogen-bond acceptors (Lipinski definition) is 3. The summed E-state index contributed by atoms with van der Waals surface area (Å²) in [6.07, 6.45) is 15.7. The van der Waals surface area contributed by atoms with Crippen LogP contribution in [0.4, 0.5) is 0 Å². The molecule has 0 aromatic carbocycles. The molecule has 26 heavy (non-hydrogen) atoms. The van der Waals surface area contributed by atoms with Crippen molar-refractivity contribution in [3.8, 4) is 12.3 Å². The number of rotatable bonds is 1. The van der Waals surface area contributed by atoms with Gasteiger partial charge in [-0.1, -0.05) is 19.8 Å². The maximum Gasteiger partial charge on any atom is 0.302 e. The molecule has 0 saturated heterocycles. The number of aliphatic hydroxyl groups is 1. The first-order valence-corrected chi connectivity index (χ1v) is 10.6. The van der Waals surface area contributed by atoms with Crippen LogP contribution in [0.5, 0.6) is 0 Å². The van der Waals surface area contributed by atoms with Crippen LogP contribution in [0.25, 0.3) is 0 Å². The lowest BCUT2D eigenvalue weighted by atomic mass is 9.44. The van der Waals surface area contributed by atoms with Gasteiger partial charge in [-0.05, 0) is 86.9 Å². The summed E-state index contributed by atoms with van der Waals surface area (Å²) < 4.78 is 5.55. The summed E-state index contributed by atoms with van der Waals surface area (Å²) in [6.45, 7) is 6.29. The normalized spacial score (nSPS) is 53.0. The molecule has 0 spiro atoms. The van der Waals surface area contributed by atoms with Crippen LogP contribution >= 0.6 is 0 Å². The highest BCUT2D eigenvalue weighted by molar-refractivity contribution is 5.66. The molecule has 3 heteroatoms. The summed E-state index contributed by atoms with van der Waals surface area (Å²) in [6, 6.07) is 0. The highest BCUT2D eigenvalue weighted by Crippen LogP contribution is 2.68. The number of fused-ring (bicyclic) bond motifs is 5. The van der Waals surface area contributed by atoms with E-state index in [1.165, 1.54) is 32.6 Å². The van der Waals surface area contributed by atoms with E-state index in [1.807, 2.05) is 0 Å². The summed E-state index contributed by atoms with van der Waals surface area (Å²) in [7, 11) is 0. The largest absolute Gasteiger partial charge is 0.463 e. The van der Waals surface area contributed by atoms with Crippen LogP contribution in [0, 0.1) is 46.8 Å². The minimum Gasteiger partial charge on any atom is -0.463 e. The SMILES string of the molecule is C#C[C@@]1(O)CC[C@@H]2[C@@H]3CC[C@@H]4C[C@@H](OC(C)=O)CC[C@@]4(C)[C@H]3CC[C@]21C. The van der Waals surface area contributed by atoms with Gasteiger partial charge in [0.15, 0.2) is 0 Å². The maximum atomic E-state index is 11.4. The molecule has 4 rings (SSSR count). The van der Waals surface area contributed by atoms with Crippen molar-refractivity contribution in [1.82, 2.24) is 0 Å². The van der Waals surface area contributed by atoms with Gasteiger partial charge in [0.25, 0.3) is 0 Å². The number of terminal acetylenes is 1. The van der Waals surface area contributed by atoms with E-state index in [0.717, 1.165) is 38.0 Å². The van der Waals surface area contributed by atoms with Crippen molar-refractivity contribution in [1.29, 1.82) is 0 Å². The van der Waals surface area contributed by atoms with E-state index in [4.69, 9.17) is 11.2 Å². The van der Waals surface area contributed by atoms with Crippen LogP contribution in [0.2, 0.25) is 0 Å². The standard InChI is InChI=1S/C23H34O3/c1-5-23(25)13-10-20-18-7-6-16-14-17(26-15(2)24)8-11-21(16,3)19(18)9-12-22(20,23)4/h1,16-20,25H,6-14H2,2-4H3/t16-,17+,18-,19+,20-,21-,22-,23-/m1/s1. The van der Waals surface area contributed by atoms with Crippen molar-refractivity contribution in [2.75, 3.05) is 0 Å². The fourth-order valence-corrected chi connectivity index (χ4v) is 7.81. The van der Waals surface area contributed by atoms with Gasteiger partial charge in [0.1, 0.15) is 11.7 Å². The highest BCUT2D eigenvalue weighted by atomic mass is 16.5. The molecule has 3 nitrogen and oxygen atoms in total. The third kappa shape index (κ3) is 2.40. The topological polar surface area (TPSA) is 46.5 Å². The first-order valence-electron chi connectivity index (χ1n) is 10.6. The van der Waals surface area contributed by atoms with Gasteiger partial charge < -0.3 is 9.84 Å². The van der Waals surface area contributed by atoms with Crippen LogP contribution in [0.15, 0.2) is 0 Å². The van der Waals surface area contributed by atoms with E-state index < -0.39 is 5.60 Å². The van der Waals surface area contributed by atoms with Crippen molar-refractivity contribution in [3.05, 3.63) is 0 Å². The molecule has 1 N–H and O–H groups in total. The molecule has 0 aliphatic heterocycles. The number of esters is 1. The average molecular weight is 359 g/mol. The molecule has 0 bridgehead atoms. The molecule has 0 unspecified atom stereocenters. The van der Waals surface area contributed by atoms with E-state index in [0.29, 0.717) is 23.2 Å². The molecule has 0 amide bonds. The molecule has 0 radical (unpaired) electrons. The van der Waals surface area contributed by atoms with Gasteiger partial charge in [-0.2, -0.15) is 0 Å². The number of carbonyl (C=O) groups is 1. The van der Waals surface area contributed by atoms with E-state index in [-0.39, 0.29) is 17.5 Å². The molecule has 144 valence electrons. The van der Waals surface area contributed by atoms with Crippen LogP contribution in [-0.2, 0) is 9.53 Å². The second-order valence-corrected chi connectivity index (χ2v) is 10.2. The summed E-state index contributed by atoms with van der Waals surface area (Å²) in [5, 5.41) is 11.1. The first-order chi connectivity index (χ1) is 12.2. The van der Waals surface area contributed by atoms with Gasteiger partial charge >= 0.3 is 5.97 Å². The van der Waals surface area contributed by atoms with E-state index in [9.17, 15) is 9.90 Å². The Morgan fingerprint density at radius 1 is 1.08 bits per heavy atom. The second kappa shape index (κ2) is 5.99. The zero-order chi connectivity index (χ0) is 18.7. The Hall–Kier alpha value is -1.01. The van der Waals surface area contributed by atoms with E-state index in [2.05, 4.69) is 19.8 Å². The zero-order valence-electron chi connectivity index (χ0n) is 16.6. The molecule has 4 fully saturated rings. The van der Waals surface area contributed by atoms with Crippen molar-refractivity contribution in [2.24, 2.45) is 34.5 Å². The van der Waals surface area contributed by atoms with Gasteiger partial charge in [0, 0.05) is 12.3 Å². The van der Waals surface area contributed by atoms with Gasteiger partial charge in [0.05, 0.1) is 0 Å². The van der Waals surface area contributed by atoms with Gasteiger partial charge in [0.2, 0.25) is 0 Å². The lowest BCUT2D eigenvalue weighted by Gasteiger charge is -2.61. The maximum absolute atomic E-state index is 11.4. The van der Waals surface area contributed by atoms with Crippen LogP contribution in [0.3, 0.4) is 0 Å². The van der Waals surface area contributed by atoms with Crippen molar-refractivity contribution in [3.63, 3.8) is 0 Å². The molecule has 4 aliphatic rings. The predicted molar refractivity (Wildman–Crippen MR) is 101 cm³/mol. The molecule has 0 aromatic heterocycles. The Labute approximate surface area is 158 Å². The summed E-state index contributed by atoms with van der Waals surface area (Å²) >= 11 is 0. The molecular formula is C23H34O3. The Balaban J connectivity index is 1.56. The minimum absolute atomic E-state index is 0.110. The minimum atomic E-state index is -0.909. The monoisotopic (exact) mass is 358 g/mol. The van der Waals surface area contributed by atoms with Crippen LogP contribution in [0.1, 0.15) is 78.6 Å². The third-order valence-corrected chi connectivity index (χ3v) is 9.34. The average Bonchev–Trinajstić information content (AvgIpc) is 2.87. The molecule has 4 aliphatic carbocycles. The smallest absolute Gasteiger partial charge is 0.302 e. The fraction of sp³-hybridized carbons (Fsp3) is 0.870. The Kier molecular flexibility index (Phi) is 4.23. The Morgan fingerprint density at radius 3 is 2.50 bits per heavy atom. The first kappa shape index (κ1) is 18.4. The van der Waals surface area contributed by atoms with Gasteiger partial charge in [-0.15, -0.1) is 6.42 Å². The Morgan fingerprint density at radius 2 is 1.81 bits per heavy atom. The molecular weight excluding hydrogens is 324 g/mol. The molecule has 8 atom stereocenters. The summed E-state index contributed by atoms with van der Waals surface area (Å²) in [4.78, 5) is 11.4. The van der Waals surface area contributed by atoms with E-state index in [1.54, 1.807) is 0 Å². The predicted octanol–water partition coefficient (Wildman–Crippen LogP) is 4.33. The molecule has 0 heterocycles. The third-order valence-electron chi connectivity index (χ3n) is 9.34. The van der Waals surface area contributed by atoms with Crippen LogP contribution < -0.4 is 0 Å². The molecule has 4 saturated carbocycles. The quantitative estimate of drug-likeness (QED) is 0.561. The van der Waals surface area contributed by atoms with Crippen molar-refractivity contribution >= 4 is 5.97 Å². The van der Waals surface area contributed by atoms with Crippen LogP contribution in [-0.4, -0.2) is 22.8 Å². The Bertz CT molecular complexity index is 636. The van der Waals surface area contributed by atoms with Crippen molar-refractivity contribution < 1.29 is 14.6 Å². The fourth-order valence-electron chi connectivity index (χ4n) is 7.81. The number of carbonyl (C=O) groups excluding carboxylic acids is 1. The zero-order valence-corrected chi connectivity index (χ0v) is 16.6. The lowest BCUT2D eigenvalue weighted by molar-refractivity contribution is -0.163. The second-order valence-electron chi connectivity index (χ2n) is 10.2.